The molecule has 0 unspecified atom stereocenters. The Balaban J connectivity index is 1.18. The molecule has 7 rings (SSSR count). The molecule has 4 fully saturated rings. The highest BCUT2D eigenvalue weighted by atomic mass is 16.1. The number of fused-ring (bicyclic) bond motifs is 1. The van der Waals surface area contributed by atoms with E-state index in [1.807, 2.05) is 22.9 Å². The third-order valence-corrected chi connectivity index (χ3v) is 9.56. The van der Waals surface area contributed by atoms with Crippen molar-refractivity contribution in [2.45, 2.75) is 85.1 Å². The van der Waals surface area contributed by atoms with Gasteiger partial charge in [-0.3, -0.25) is 4.79 Å². The number of carbonyl (C=O) groups is 1. The molecule has 1 N–H and O–H groups in total. The first-order valence-electron chi connectivity index (χ1n) is 13.5. The van der Waals surface area contributed by atoms with Gasteiger partial charge in [-0.25, -0.2) is 9.67 Å². The average molecular weight is 471 g/mol. The summed E-state index contributed by atoms with van der Waals surface area (Å²) in [6.45, 7) is 8.55. The van der Waals surface area contributed by atoms with Crippen molar-refractivity contribution in [1.82, 2.24) is 20.1 Å². The van der Waals surface area contributed by atoms with Crippen molar-refractivity contribution in [3.8, 4) is 5.69 Å². The summed E-state index contributed by atoms with van der Waals surface area (Å²) in [7, 11) is 0. The molecule has 4 bridgehead atoms. The topological polar surface area (TPSA) is 59.8 Å². The lowest BCUT2D eigenvalue weighted by Gasteiger charge is -2.59. The molecule has 0 spiro atoms. The molecule has 2 aromatic heterocycles. The van der Waals surface area contributed by atoms with Crippen LogP contribution in [0.4, 0.5) is 0 Å². The average Bonchev–Trinajstić information content (AvgIpc) is 3.14. The molecule has 5 heteroatoms. The van der Waals surface area contributed by atoms with Crippen LogP contribution in [-0.2, 0) is 11.2 Å². The number of aromatic nitrogens is 3. The number of carbonyl (C=O) groups excluding carboxylic acids is 1. The van der Waals surface area contributed by atoms with Gasteiger partial charge in [-0.05, 0) is 119 Å². The van der Waals surface area contributed by atoms with Crippen LogP contribution in [0.15, 0.2) is 30.3 Å². The summed E-state index contributed by atoms with van der Waals surface area (Å²) in [6.07, 6.45) is 9.52. The van der Waals surface area contributed by atoms with Crippen molar-refractivity contribution in [2.24, 2.45) is 23.2 Å². The quantitative estimate of drug-likeness (QED) is 0.481. The van der Waals surface area contributed by atoms with Gasteiger partial charge in [0.2, 0.25) is 5.91 Å². The van der Waals surface area contributed by atoms with Crippen LogP contribution >= 0.6 is 0 Å². The number of pyridine rings is 1. The molecule has 0 aliphatic heterocycles. The minimum atomic E-state index is 0.184. The molecular weight excluding hydrogens is 432 g/mol. The van der Waals surface area contributed by atoms with Crippen molar-refractivity contribution in [2.75, 3.05) is 0 Å². The summed E-state index contributed by atoms with van der Waals surface area (Å²) < 4.78 is 1.94. The predicted molar refractivity (Wildman–Crippen MR) is 140 cm³/mol. The number of nitrogens with one attached hydrogen (secondary N) is 1. The Morgan fingerprint density at radius 3 is 2.29 bits per heavy atom. The fraction of sp³-hybridized carbons (Fsp3) is 0.567. The molecule has 0 saturated heterocycles. The van der Waals surface area contributed by atoms with Crippen LogP contribution in [0.3, 0.4) is 0 Å². The molecule has 4 aliphatic rings. The van der Waals surface area contributed by atoms with Gasteiger partial charge in [0.25, 0.3) is 0 Å². The highest BCUT2D eigenvalue weighted by Crippen LogP contribution is 2.61. The Kier molecular flexibility index (Phi) is 5.50. The van der Waals surface area contributed by atoms with Gasteiger partial charge in [0.05, 0.1) is 11.4 Å². The SMILES string of the molecule is Cc1nc2c(c(C)nn2-c2ccccc2)c(C)c1CCC(=O)N[C@@H](C)C12CC3CC(CC(C3)C1)C2. The maximum absolute atomic E-state index is 13.1. The Hall–Kier alpha value is -2.69. The van der Waals surface area contributed by atoms with E-state index in [0.29, 0.717) is 11.8 Å². The molecule has 1 amide bonds. The van der Waals surface area contributed by atoms with Crippen LogP contribution in [0.1, 0.15) is 74.4 Å². The Bertz CT molecular complexity index is 1240. The van der Waals surface area contributed by atoms with Gasteiger partial charge >= 0.3 is 0 Å². The second kappa shape index (κ2) is 8.46. The lowest BCUT2D eigenvalue weighted by atomic mass is 9.48. The zero-order valence-electron chi connectivity index (χ0n) is 21.6. The molecule has 4 saturated carbocycles. The van der Waals surface area contributed by atoms with Crippen LogP contribution < -0.4 is 5.32 Å². The van der Waals surface area contributed by atoms with Crippen molar-refractivity contribution in [3.63, 3.8) is 0 Å². The minimum Gasteiger partial charge on any atom is -0.353 e. The Morgan fingerprint density at radius 1 is 1.03 bits per heavy atom. The van der Waals surface area contributed by atoms with Gasteiger partial charge in [0, 0.05) is 23.5 Å². The lowest BCUT2D eigenvalue weighted by Crippen LogP contribution is -2.55. The van der Waals surface area contributed by atoms with E-state index in [4.69, 9.17) is 10.1 Å². The normalized spacial score (nSPS) is 27.9. The molecule has 1 aromatic carbocycles. The Labute approximate surface area is 208 Å². The predicted octanol–water partition coefficient (Wildman–Crippen LogP) is 6.00. The van der Waals surface area contributed by atoms with Gasteiger partial charge in [0.15, 0.2) is 5.65 Å². The fourth-order valence-electron chi connectivity index (χ4n) is 8.24. The van der Waals surface area contributed by atoms with Crippen LogP contribution in [0.25, 0.3) is 16.7 Å². The van der Waals surface area contributed by atoms with E-state index in [1.165, 1.54) is 49.7 Å². The Morgan fingerprint density at radius 2 is 1.66 bits per heavy atom. The second-order valence-electron chi connectivity index (χ2n) is 11.9. The molecule has 3 aromatic rings. The fourth-order valence-corrected chi connectivity index (χ4v) is 8.24. The summed E-state index contributed by atoms with van der Waals surface area (Å²) in [6, 6.07) is 10.4. The molecule has 0 radical (unpaired) electrons. The van der Waals surface area contributed by atoms with E-state index in [0.717, 1.165) is 52.3 Å². The first kappa shape index (κ1) is 22.8. The minimum absolute atomic E-state index is 0.184. The van der Waals surface area contributed by atoms with E-state index >= 15 is 0 Å². The number of hydrogen-bond donors (Lipinski definition) is 1. The van der Waals surface area contributed by atoms with Crippen LogP contribution in [0, 0.1) is 43.9 Å². The highest BCUT2D eigenvalue weighted by molar-refractivity contribution is 5.85. The molecule has 35 heavy (non-hydrogen) atoms. The van der Waals surface area contributed by atoms with Crippen molar-refractivity contribution >= 4 is 16.9 Å². The molecule has 2 heterocycles. The number of para-hydroxylation sites is 1. The third-order valence-electron chi connectivity index (χ3n) is 9.56. The van der Waals surface area contributed by atoms with E-state index in [2.05, 4.69) is 45.1 Å². The third kappa shape index (κ3) is 3.88. The first-order chi connectivity index (χ1) is 16.8. The van der Waals surface area contributed by atoms with E-state index in [1.54, 1.807) is 0 Å². The number of amides is 1. The number of aryl methyl sites for hydroxylation is 3. The molecule has 5 nitrogen and oxygen atoms in total. The van der Waals surface area contributed by atoms with Gasteiger partial charge in [0.1, 0.15) is 0 Å². The van der Waals surface area contributed by atoms with E-state index in [9.17, 15) is 4.79 Å². The van der Waals surface area contributed by atoms with Crippen molar-refractivity contribution < 1.29 is 4.79 Å². The molecular formula is C30H38N4O. The lowest BCUT2D eigenvalue weighted by molar-refractivity contribution is -0.125. The van der Waals surface area contributed by atoms with Crippen LogP contribution in [-0.4, -0.2) is 26.7 Å². The summed E-state index contributed by atoms with van der Waals surface area (Å²) in [5.41, 5.74) is 6.62. The number of benzene rings is 1. The zero-order valence-corrected chi connectivity index (χ0v) is 21.6. The monoisotopic (exact) mass is 470 g/mol. The van der Waals surface area contributed by atoms with Gasteiger partial charge in [-0.15, -0.1) is 0 Å². The zero-order chi connectivity index (χ0) is 24.3. The maximum atomic E-state index is 13.1. The van der Waals surface area contributed by atoms with E-state index in [-0.39, 0.29) is 11.9 Å². The standard InChI is InChI=1S/C30H38N4O/c1-18-26(19(2)31-29-28(18)20(3)33-34(29)25-8-6-5-7-9-25)10-11-27(35)32-21(4)30-15-22-12-23(16-30)14-24(13-22)17-30/h5-9,21-24H,10-17H2,1-4H3,(H,32,35)/t21-,22?,23?,24?,30?/m0/s1. The van der Waals surface area contributed by atoms with Gasteiger partial charge in [-0.2, -0.15) is 5.10 Å². The molecule has 4 aliphatic carbocycles. The maximum Gasteiger partial charge on any atom is 0.220 e. The van der Waals surface area contributed by atoms with Crippen molar-refractivity contribution in [1.29, 1.82) is 0 Å². The summed E-state index contributed by atoms with van der Waals surface area (Å²) in [4.78, 5) is 18.1. The molecule has 1 atom stereocenters. The summed E-state index contributed by atoms with van der Waals surface area (Å²) in [5, 5.41) is 9.36. The summed E-state index contributed by atoms with van der Waals surface area (Å²) in [5.74, 6) is 2.90. The largest absolute Gasteiger partial charge is 0.353 e. The molecule has 184 valence electrons. The summed E-state index contributed by atoms with van der Waals surface area (Å²) >= 11 is 0. The van der Waals surface area contributed by atoms with Crippen LogP contribution in [0.5, 0.6) is 0 Å². The smallest absolute Gasteiger partial charge is 0.220 e. The van der Waals surface area contributed by atoms with Crippen LogP contribution in [0.2, 0.25) is 0 Å². The second-order valence-corrected chi connectivity index (χ2v) is 11.9. The van der Waals surface area contributed by atoms with Gasteiger partial charge < -0.3 is 5.32 Å². The van der Waals surface area contributed by atoms with Crippen molar-refractivity contribution in [3.05, 3.63) is 52.8 Å². The first-order valence-corrected chi connectivity index (χ1v) is 13.5. The number of nitrogens with zero attached hydrogens (tertiary/aromatic N) is 3. The number of rotatable bonds is 6. The van der Waals surface area contributed by atoms with E-state index < -0.39 is 0 Å². The highest BCUT2D eigenvalue weighted by Gasteiger charge is 2.53. The van der Waals surface area contributed by atoms with Gasteiger partial charge in [-0.1, -0.05) is 18.2 Å². The number of hydrogen-bond acceptors (Lipinski definition) is 3.